The van der Waals surface area contributed by atoms with Crippen molar-refractivity contribution in [2.45, 2.75) is 62.2 Å². The molecule has 0 bridgehead atoms. The highest BCUT2D eigenvalue weighted by atomic mass is 32.1. The third-order valence-corrected chi connectivity index (χ3v) is 11.0. The number of ether oxygens (including phenoxy) is 1. The molecule has 4 aliphatic rings. The fraction of sp³-hybridized carbons (Fsp3) is 0.533. The third kappa shape index (κ3) is 4.24. The Labute approximate surface area is 249 Å². The third-order valence-electron chi connectivity index (χ3n) is 9.92. The van der Waals surface area contributed by atoms with Crippen molar-refractivity contribution in [3.05, 3.63) is 45.8 Å². The quantitative estimate of drug-likeness (QED) is 0.392. The summed E-state index contributed by atoms with van der Waals surface area (Å²) in [7, 11) is 1.94. The second kappa shape index (κ2) is 9.95. The van der Waals surface area contributed by atoms with E-state index in [2.05, 4.69) is 22.8 Å². The molecule has 5 heterocycles. The highest BCUT2D eigenvalue weighted by molar-refractivity contribution is 7.16. The Bertz CT molecular complexity index is 1570. The maximum absolute atomic E-state index is 14.4. The average molecular weight is 590 g/mol. The smallest absolute Gasteiger partial charge is 0.323 e. The molecule has 0 saturated carbocycles. The van der Waals surface area contributed by atoms with Gasteiger partial charge in [0.05, 0.1) is 17.1 Å². The number of rotatable bonds is 7. The van der Waals surface area contributed by atoms with Gasteiger partial charge >= 0.3 is 6.01 Å². The van der Waals surface area contributed by atoms with E-state index < -0.39 is 6.17 Å². The minimum atomic E-state index is -0.834. The van der Waals surface area contributed by atoms with Crippen LogP contribution in [0.3, 0.4) is 0 Å². The van der Waals surface area contributed by atoms with Gasteiger partial charge in [-0.05, 0) is 56.3 Å². The van der Waals surface area contributed by atoms with Crippen molar-refractivity contribution in [2.24, 2.45) is 0 Å². The van der Waals surface area contributed by atoms with Crippen LogP contribution in [-0.4, -0.2) is 71.4 Å². The van der Waals surface area contributed by atoms with E-state index in [1.165, 1.54) is 4.88 Å². The lowest BCUT2D eigenvalue weighted by molar-refractivity contribution is 0.107. The van der Waals surface area contributed by atoms with Gasteiger partial charge in [0.25, 0.3) is 0 Å². The number of nitriles is 1. The zero-order chi connectivity index (χ0) is 29.2. The summed E-state index contributed by atoms with van der Waals surface area (Å²) in [4.78, 5) is 22.0. The number of fused-ring (bicyclic) bond motifs is 3. The van der Waals surface area contributed by atoms with Gasteiger partial charge in [0.2, 0.25) is 11.9 Å². The highest BCUT2D eigenvalue weighted by Gasteiger charge is 2.52. The van der Waals surface area contributed by atoms with Crippen LogP contribution in [0.25, 0.3) is 0 Å². The molecule has 42 heavy (non-hydrogen) atoms. The molecule has 2 aromatic heterocycles. The highest BCUT2D eigenvalue weighted by Crippen LogP contribution is 2.52. The number of hydrogen-bond acceptors (Lipinski definition) is 11. The number of nitrogen functional groups attached to an aromatic ring is 2. The molecule has 0 radical (unpaired) electrons. The molecule has 3 fully saturated rings. The fourth-order valence-corrected chi connectivity index (χ4v) is 8.73. The minimum absolute atomic E-state index is 0.104. The van der Waals surface area contributed by atoms with Gasteiger partial charge < -0.3 is 26.0 Å². The number of nitrogens with two attached hydrogens (primary N) is 2. The Morgan fingerprint density at radius 3 is 2.83 bits per heavy atom. The molecule has 12 heteroatoms. The number of benzene rings is 1. The summed E-state index contributed by atoms with van der Waals surface area (Å²) < 4.78 is 20.7. The molecule has 7 rings (SSSR count). The SMILES string of the molecule is CC(c1ccccc1N)N(C)c1nc(OC[C@@]23CCCN2C[C@H](F)C3)nc(N2CC3(CCc4sc(N)c(C#N)c43)C2)n1. The molecule has 3 saturated heterocycles. The number of para-hydroxylation sites is 1. The first kappa shape index (κ1) is 27.2. The Hall–Kier alpha value is -3.69. The van der Waals surface area contributed by atoms with E-state index in [0.717, 1.165) is 43.4 Å². The van der Waals surface area contributed by atoms with Crippen LogP contribution in [0.15, 0.2) is 24.3 Å². The van der Waals surface area contributed by atoms with Crippen molar-refractivity contribution in [3.63, 3.8) is 0 Å². The van der Waals surface area contributed by atoms with Crippen LogP contribution in [0, 0.1) is 11.3 Å². The minimum Gasteiger partial charge on any atom is -0.461 e. The molecular formula is C30H36FN9OS. The van der Waals surface area contributed by atoms with Crippen molar-refractivity contribution in [2.75, 3.05) is 61.1 Å². The van der Waals surface area contributed by atoms with Crippen molar-refractivity contribution in [3.8, 4) is 12.1 Å². The van der Waals surface area contributed by atoms with Gasteiger partial charge in [-0.15, -0.1) is 11.3 Å². The predicted molar refractivity (Wildman–Crippen MR) is 162 cm³/mol. The normalized spacial score (nSPS) is 24.7. The van der Waals surface area contributed by atoms with Crippen molar-refractivity contribution in [1.29, 1.82) is 5.26 Å². The lowest BCUT2D eigenvalue weighted by Gasteiger charge is -2.48. The number of alkyl halides is 1. The van der Waals surface area contributed by atoms with Gasteiger partial charge in [0.15, 0.2) is 0 Å². The standard InChI is InChI=1S/C30H36FN9OS/c1-18(20-6-3-4-7-22(20)33)38(2)26-35-27(37-28(36-26)41-17-30-9-5-11-40(30)14-19(31)12-30)39-15-29(16-39)10-8-23-24(29)21(13-32)25(34)42-23/h3-4,6-7,18-19H,5,8-12,14-17,33-34H2,1-2H3/t18?,19-,30+/m1/s1. The van der Waals surface area contributed by atoms with Gasteiger partial charge in [-0.25, -0.2) is 4.39 Å². The number of halogens is 1. The molecule has 10 nitrogen and oxygen atoms in total. The van der Waals surface area contributed by atoms with E-state index in [1.54, 1.807) is 11.3 Å². The number of aryl methyl sites for hydroxylation is 1. The average Bonchev–Trinajstić information content (AvgIpc) is 3.68. The lowest BCUT2D eigenvalue weighted by Crippen LogP contribution is -2.59. The van der Waals surface area contributed by atoms with E-state index in [-0.39, 0.29) is 23.0 Å². The number of nitrogens with zero attached hydrogens (tertiary/aromatic N) is 7. The summed E-state index contributed by atoms with van der Waals surface area (Å²) >= 11 is 1.54. The molecule has 1 unspecified atom stereocenters. The second-order valence-corrected chi connectivity index (χ2v) is 13.5. The first-order valence-corrected chi connectivity index (χ1v) is 15.5. The summed E-state index contributed by atoms with van der Waals surface area (Å²) in [6.45, 7) is 5.15. The second-order valence-electron chi connectivity index (χ2n) is 12.4. The van der Waals surface area contributed by atoms with Gasteiger partial charge in [-0.1, -0.05) is 18.2 Å². The summed E-state index contributed by atoms with van der Waals surface area (Å²) in [5.74, 6) is 1.01. The van der Waals surface area contributed by atoms with Crippen LogP contribution in [-0.2, 0) is 11.8 Å². The first-order chi connectivity index (χ1) is 20.2. The molecule has 1 aliphatic carbocycles. The summed E-state index contributed by atoms with van der Waals surface area (Å²) in [5, 5.41) is 10.4. The van der Waals surface area contributed by atoms with Crippen molar-refractivity contribution < 1.29 is 9.13 Å². The number of anilines is 4. The van der Waals surface area contributed by atoms with E-state index in [9.17, 15) is 9.65 Å². The molecule has 3 aromatic rings. The monoisotopic (exact) mass is 589 g/mol. The number of hydrogen-bond donors (Lipinski definition) is 2. The van der Waals surface area contributed by atoms with Crippen LogP contribution < -0.4 is 26.0 Å². The molecular weight excluding hydrogens is 553 g/mol. The Morgan fingerprint density at radius 1 is 1.24 bits per heavy atom. The zero-order valence-corrected chi connectivity index (χ0v) is 24.8. The fourth-order valence-electron chi connectivity index (χ4n) is 7.59. The van der Waals surface area contributed by atoms with Crippen LogP contribution in [0.5, 0.6) is 6.01 Å². The summed E-state index contributed by atoms with van der Waals surface area (Å²) in [6.07, 6.45) is 3.50. The number of thiophene rings is 1. The Balaban J connectivity index is 1.19. The largest absolute Gasteiger partial charge is 0.461 e. The maximum atomic E-state index is 14.4. The van der Waals surface area contributed by atoms with E-state index in [0.29, 0.717) is 60.8 Å². The molecule has 0 amide bonds. The molecule has 3 atom stereocenters. The van der Waals surface area contributed by atoms with Crippen LogP contribution >= 0.6 is 11.3 Å². The van der Waals surface area contributed by atoms with Crippen LogP contribution in [0.2, 0.25) is 0 Å². The molecule has 1 aromatic carbocycles. The van der Waals surface area contributed by atoms with Gasteiger partial charge in [-0.2, -0.15) is 20.2 Å². The van der Waals surface area contributed by atoms with E-state index >= 15 is 0 Å². The first-order valence-electron chi connectivity index (χ1n) is 14.6. The molecule has 4 N–H and O–H groups in total. The van der Waals surface area contributed by atoms with Gasteiger partial charge in [0, 0.05) is 49.1 Å². The van der Waals surface area contributed by atoms with Crippen molar-refractivity contribution >= 4 is 33.9 Å². The topological polar surface area (TPSA) is 133 Å². The number of aromatic nitrogens is 3. The molecule has 3 aliphatic heterocycles. The predicted octanol–water partition coefficient (Wildman–Crippen LogP) is 3.83. The van der Waals surface area contributed by atoms with Gasteiger partial charge in [0.1, 0.15) is 23.8 Å². The van der Waals surface area contributed by atoms with Gasteiger partial charge in [-0.3, -0.25) is 4.90 Å². The lowest BCUT2D eigenvalue weighted by atomic mass is 9.74. The zero-order valence-electron chi connectivity index (χ0n) is 24.0. The van der Waals surface area contributed by atoms with E-state index in [1.807, 2.05) is 36.2 Å². The Morgan fingerprint density at radius 2 is 2.05 bits per heavy atom. The van der Waals surface area contributed by atoms with E-state index in [4.69, 9.17) is 31.2 Å². The molecule has 1 spiro atoms. The summed E-state index contributed by atoms with van der Waals surface area (Å²) in [6, 6.07) is 10.3. The summed E-state index contributed by atoms with van der Waals surface area (Å²) in [5.41, 5.74) is 15.5. The molecule has 220 valence electrons. The van der Waals surface area contributed by atoms with Crippen LogP contribution in [0.4, 0.5) is 27.0 Å². The maximum Gasteiger partial charge on any atom is 0.323 e. The Kier molecular flexibility index (Phi) is 6.44. The van der Waals surface area contributed by atoms with Crippen LogP contribution in [0.1, 0.15) is 60.2 Å². The van der Waals surface area contributed by atoms with Crippen molar-refractivity contribution in [1.82, 2.24) is 19.9 Å².